The SMILES string of the molecule is NS(=O)(=O)c1ccccc1-c1ccc2nc(COc3ccc(OC(F)(F)F)cc3)[nH]c2c1. The van der Waals surface area contributed by atoms with Gasteiger partial charge in [0.05, 0.1) is 15.9 Å². The van der Waals surface area contributed by atoms with Crippen LogP contribution >= 0.6 is 0 Å². The zero-order chi connectivity index (χ0) is 22.9. The van der Waals surface area contributed by atoms with Crippen LogP contribution in [-0.2, 0) is 16.6 Å². The van der Waals surface area contributed by atoms with Crippen molar-refractivity contribution in [3.05, 3.63) is 72.6 Å². The standard InChI is InChI=1S/C21H16F3N3O4S/c22-21(23,24)31-15-8-6-14(7-9-15)30-12-20-26-17-10-5-13(11-18(17)27-20)16-3-1-2-4-19(16)32(25,28)29/h1-11H,12H2,(H,26,27)(H2,25,28,29). The second-order valence-corrected chi connectivity index (χ2v) is 8.29. The van der Waals surface area contributed by atoms with Crippen LogP contribution in [-0.4, -0.2) is 24.7 Å². The number of aromatic amines is 1. The fourth-order valence-electron chi connectivity index (χ4n) is 3.14. The fourth-order valence-corrected chi connectivity index (χ4v) is 3.90. The van der Waals surface area contributed by atoms with E-state index in [2.05, 4.69) is 14.7 Å². The van der Waals surface area contributed by atoms with Gasteiger partial charge in [0.15, 0.2) is 0 Å². The first kappa shape index (κ1) is 21.7. The summed E-state index contributed by atoms with van der Waals surface area (Å²) in [6, 6.07) is 16.6. The molecule has 4 aromatic rings. The Morgan fingerprint density at radius 3 is 2.34 bits per heavy atom. The van der Waals surface area contributed by atoms with Crippen molar-refractivity contribution in [1.29, 1.82) is 0 Å². The zero-order valence-electron chi connectivity index (χ0n) is 16.3. The monoisotopic (exact) mass is 463 g/mol. The van der Waals surface area contributed by atoms with E-state index in [1.807, 2.05) is 0 Å². The van der Waals surface area contributed by atoms with Crippen LogP contribution in [0.4, 0.5) is 13.2 Å². The number of nitrogens with one attached hydrogen (secondary N) is 1. The molecule has 0 unspecified atom stereocenters. The predicted molar refractivity (Wildman–Crippen MR) is 110 cm³/mol. The molecular formula is C21H16F3N3O4S. The lowest BCUT2D eigenvalue weighted by Gasteiger charge is -2.09. The molecule has 0 aliphatic carbocycles. The van der Waals surface area contributed by atoms with Crippen molar-refractivity contribution in [1.82, 2.24) is 9.97 Å². The van der Waals surface area contributed by atoms with Gasteiger partial charge in [-0.2, -0.15) is 0 Å². The first-order valence-corrected chi connectivity index (χ1v) is 10.7. The van der Waals surface area contributed by atoms with Gasteiger partial charge in [0.2, 0.25) is 10.0 Å². The minimum atomic E-state index is -4.76. The second kappa shape index (κ2) is 8.17. The Labute approximate surface area is 180 Å². The van der Waals surface area contributed by atoms with E-state index in [-0.39, 0.29) is 17.3 Å². The highest BCUT2D eigenvalue weighted by molar-refractivity contribution is 7.89. The molecule has 3 N–H and O–H groups in total. The van der Waals surface area contributed by atoms with Crippen LogP contribution in [0, 0.1) is 0 Å². The third-order valence-corrected chi connectivity index (χ3v) is 5.44. The van der Waals surface area contributed by atoms with Crippen LogP contribution in [0.1, 0.15) is 5.82 Å². The van der Waals surface area contributed by atoms with Crippen molar-refractivity contribution in [3.8, 4) is 22.6 Å². The number of hydrogen-bond acceptors (Lipinski definition) is 5. The van der Waals surface area contributed by atoms with E-state index in [0.29, 0.717) is 33.7 Å². The number of H-pyrrole nitrogens is 1. The first-order valence-electron chi connectivity index (χ1n) is 9.18. The van der Waals surface area contributed by atoms with E-state index in [1.165, 1.54) is 18.2 Å². The number of ether oxygens (including phenoxy) is 2. The number of primary sulfonamides is 1. The predicted octanol–water partition coefficient (Wildman–Crippen LogP) is 4.35. The molecule has 11 heteroatoms. The summed E-state index contributed by atoms with van der Waals surface area (Å²) >= 11 is 0. The number of aromatic nitrogens is 2. The van der Waals surface area contributed by atoms with Crippen molar-refractivity contribution < 1.29 is 31.1 Å². The summed E-state index contributed by atoms with van der Waals surface area (Å²) < 4.78 is 69.8. The summed E-state index contributed by atoms with van der Waals surface area (Å²) in [7, 11) is -3.90. The maximum absolute atomic E-state index is 12.2. The lowest BCUT2D eigenvalue weighted by atomic mass is 10.1. The minimum absolute atomic E-state index is 0.0142. The molecule has 166 valence electrons. The molecular weight excluding hydrogens is 447 g/mol. The molecule has 0 aliphatic rings. The molecule has 0 amide bonds. The second-order valence-electron chi connectivity index (χ2n) is 6.76. The van der Waals surface area contributed by atoms with E-state index < -0.39 is 16.4 Å². The number of nitrogens with zero attached hydrogens (tertiary/aromatic N) is 1. The Morgan fingerprint density at radius 2 is 1.66 bits per heavy atom. The summed E-state index contributed by atoms with van der Waals surface area (Å²) in [5, 5.41) is 5.32. The quantitative estimate of drug-likeness (QED) is 0.442. The molecule has 0 saturated heterocycles. The van der Waals surface area contributed by atoms with Gasteiger partial charge < -0.3 is 14.5 Å². The van der Waals surface area contributed by atoms with Gasteiger partial charge in [-0.25, -0.2) is 18.5 Å². The lowest BCUT2D eigenvalue weighted by molar-refractivity contribution is -0.274. The van der Waals surface area contributed by atoms with Gasteiger partial charge in [-0.05, 0) is 48.0 Å². The van der Waals surface area contributed by atoms with Crippen LogP contribution < -0.4 is 14.6 Å². The molecule has 32 heavy (non-hydrogen) atoms. The molecule has 0 bridgehead atoms. The number of imidazole rings is 1. The van der Waals surface area contributed by atoms with E-state index in [9.17, 15) is 21.6 Å². The van der Waals surface area contributed by atoms with Crippen molar-refractivity contribution in [2.45, 2.75) is 17.9 Å². The summed E-state index contributed by atoms with van der Waals surface area (Å²) in [6.07, 6.45) is -4.76. The molecule has 4 rings (SSSR count). The molecule has 7 nitrogen and oxygen atoms in total. The highest BCUT2D eigenvalue weighted by atomic mass is 32.2. The number of sulfonamides is 1. The number of nitrogens with two attached hydrogens (primary N) is 1. The third kappa shape index (κ3) is 5.01. The molecule has 0 fully saturated rings. The molecule has 3 aromatic carbocycles. The number of fused-ring (bicyclic) bond motifs is 1. The lowest BCUT2D eigenvalue weighted by Crippen LogP contribution is -2.16. The Bertz CT molecular complexity index is 1370. The average Bonchev–Trinajstić information content (AvgIpc) is 3.14. The molecule has 1 heterocycles. The minimum Gasteiger partial charge on any atom is -0.486 e. The van der Waals surface area contributed by atoms with Gasteiger partial charge in [-0.15, -0.1) is 13.2 Å². The highest BCUT2D eigenvalue weighted by Crippen LogP contribution is 2.29. The van der Waals surface area contributed by atoms with Gasteiger partial charge in [-0.1, -0.05) is 24.3 Å². The van der Waals surface area contributed by atoms with Gasteiger partial charge >= 0.3 is 6.36 Å². The van der Waals surface area contributed by atoms with Crippen molar-refractivity contribution in [2.75, 3.05) is 0 Å². The zero-order valence-corrected chi connectivity index (χ0v) is 17.1. The Morgan fingerprint density at radius 1 is 0.969 bits per heavy atom. The summed E-state index contributed by atoms with van der Waals surface area (Å²) in [5.41, 5.74) is 2.39. The van der Waals surface area contributed by atoms with Crippen LogP contribution in [0.2, 0.25) is 0 Å². The summed E-state index contributed by atoms with van der Waals surface area (Å²) in [6.45, 7) is 0.0389. The molecule has 0 spiro atoms. The highest BCUT2D eigenvalue weighted by Gasteiger charge is 2.31. The number of hydrogen-bond donors (Lipinski definition) is 2. The number of alkyl halides is 3. The van der Waals surface area contributed by atoms with Crippen molar-refractivity contribution in [3.63, 3.8) is 0 Å². The summed E-state index contributed by atoms with van der Waals surface area (Å²) in [5.74, 6) is 0.469. The molecule has 0 aliphatic heterocycles. The van der Waals surface area contributed by atoms with Crippen LogP contribution in [0.15, 0.2) is 71.6 Å². The van der Waals surface area contributed by atoms with E-state index in [0.717, 1.165) is 12.1 Å². The average molecular weight is 463 g/mol. The van der Waals surface area contributed by atoms with E-state index >= 15 is 0 Å². The van der Waals surface area contributed by atoms with Crippen LogP contribution in [0.25, 0.3) is 22.2 Å². The molecule has 0 saturated carbocycles. The van der Waals surface area contributed by atoms with Crippen molar-refractivity contribution >= 4 is 21.1 Å². The Kier molecular flexibility index (Phi) is 5.53. The van der Waals surface area contributed by atoms with Crippen LogP contribution in [0.5, 0.6) is 11.5 Å². The van der Waals surface area contributed by atoms with Crippen molar-refractivity contribution in [2.24, 2.45) is 5.14 Å². The van der Waals surface area contributed by atoms with E-state index in [4.69, 9.17) is 9.88 Å². The van der Waals surface area contributed by atoms with Gasteiger partial charge in [0.1, 0.15) is 23.9 Å². The van der Waals surface area contributed by atoms with Gasteiger partial charge in [0, 0.05) is 5.56 Å². The largest absolute Gasteiger partial charge is 0.573 e. The Balaban J connectivity index is 1.52. The summed E-state index contributed by atoms with van der Waals surface area (Å²) in [4.78, 5) is 7.50. The normalized spacial score (nSPS) is 12.1. The van der Waals surface area contributed by atoms with Gasteiger partial charge in [-0.3, -0.25) is 0 Å². The maximum atomic E-state index is 12.2. The van der Waals surface area contributed by atoms with Crippen LogP contribution in [0.3, 0.4) is 0 Å². The smallest absolute Gasteiger partial charge is 0.486 e. The number of benzene rings is 3. The Hall–Kier alpha value is -3.57. The molecule has 0 atom stereocenters. The fraction of sp³-hybridized carbons (Fsp3) is 0.0952. The molecule has 1 aromatic heterocycles. The third-order valence-electron chi connectivity index (χ3n) is 4.47. The number of halogens is 3. The molecule has 0 radical (unpaired) electrons. The van der Waals surface area contributed by atoms with Gasteiger partial charge in [0.25, 0.3) is 0 Å². The number of rotatable bonds is 6. The topological polar surface area (TPSA) is 107 Å². The maximum Gasteiger partial charge on any atom is 0.573 e. The first-order chi connectivity index (χ1) is 15.1. The van der Waals surface area contributed by atoms with E-state index in [1.54, 1.807) is 36.4 Å².